The van der Waals surface area contributed by atoms with E-state index in [9.17, 15) is 4.79 Å². The van der Waals surface area contributed by atoms with Crippen LogP contribution in [0.15, 0.2) is 30.5 Å². The highest BCUT2D eigenvalue weighted by Gasteiger charge is 2.35. The summed E-state index contributed by atoms with van der Waals surface area (Å²) in [5.41, 5.74) is 4.99. The zero-order valence-corrected chi connectivity index (χ0v) is 14.0. The van der Waals surface area contributed by atoms with Crippen LogP contribution in [0.4, 0.5) is 0 Å². The van der Waals surface area contributed by atoms with Crippen molar-refractivity contribution in [3.63, 3.8) is 0 Å². The van der Waals surface area contributed by atoms with Crippen molar-refractivity contribution in [2.24, 2.45) is 5.92 Å². The number of hydrogen-bond donors (Lipinski definition) is 3. The number of benzene rings is 1. The maximum atomic E-state index is 12.5. The number of aromatic amines is 1. The fourth-order valence-electron chi connectivity index (χ4n) is 4.01. The lowest BCUT2D eigenvalue weighted by molar-refractivity contribution is -0.125. The van der Waals surface area contributed by atoms with Crippen molar-refractivity contribution in [1.29, 1.82) is 0 Å². The van der Waals surface area contributed by atoms with Gasteiger partial charge in [0.2, 0.25) is 5.91 Å². The molecule has 24 heavy (non-hydrogen) atoms. The first kappa shape index (κ1) is 15.4. The van der Waals surface area contributed by atoms with Crippen LogP contribution in [0.1, 0.15) is 18.1 Å². The summed E-state index contributed by atoms with van der Waals surface area (Å²) in [7, 11) is 2.09. The van der Waals surface area contributed by atoms with Gasteiger partial charge in [-0.15, -0.1) is 0 Å². The number of hydrogen-bond acceptors (Lipinski definition) is 3. The first-order valence-corrected chi connectivity index (χ1v) is 8.51. The van der Waals surface area contributed by atoms with E-state index in [0.29, 0.717) is 12.6 Å². The molecule has 2 aliphatic rings. The van der Waals surface area contributed by atoms with E-state index in [1.54, 1.807) is 0 Å². The van der Waals surface area contributed by atoms with Gasteiger partial charge in [0.05, 0.1) is 12.5 Å². The molecule has 1 unspecified atom stereocenters. The van der Waals surface area contributed by atoms with Crippen molar-refractivity contribution in [3.05, 3.63) is 41.6 Å². The molecule has 3 atom stereocenters. The monoisotopic (exact) mass is 325 g/mol. The second-order valence-electron chi connectivity index (χ2n) is 7.02. The van der Waals surface area contributed by atoms with Crippen molar-refractivity contribution in [2.75, 3.05) is 20.2 Å². The lowest BCUT2D eigenvalue weighted by atomic mass is 9.80. The maximum Gasteiger partial charge on any atom is 0.228 e. The number of nitrogens with one attached hydrogen (secondary N) is 2. The Morgan fingerprint density at radius 2 is 2.33 bits per heavy atom. The summed E-state index contributed by atoms with van der Waals surface area (Å²) >= 11 is 0. The number of carbonyl (C=O) groups is 1. The molecular weight excluding hydrogens is 302 g/mol. The summed E-state index contributed by atoms with van der Waals surface area (Å²) in [5, 5.41) is 13.3. The Kier molecular flexibility index (Phi) is 3.70. The molecule has 1 aromatic heterocycles. The molecule has 1 aliphatic carbocycles. The number of rotatable bonds is 3. The fourth-order valence-corrected chi connectivity index (χ4v) is 4.01. The number of aliphatic hydroxyl groups excluding tert-OH is 1. The van der Waals surface area contributed by atoms with Crippen LogP contribution in [0, 0.1) is 5.92 Å². The summed E-state index contributed by atoms with van der Waals surface area (Å²) in [5.74, 6) is -0.201. The fraction of sp³-hybridized carbons (Fsp3) is 0.421. The Labute approximate surface area is 141 Å². The summed E-state index contributed by atoms with van der Waals surface area (Å²) < 4.78 is 0. The van der Waals surface area contributed by atoms with Crippen LogP contribution in [0.2, 0.25) is 0 Å². The summed E-state index contributed by atoms with van der Waals surface area (Å²) in [6, 6.07) is 6.42. The van der Waals surface area contributed by atoms with Gasteiger partial charge in [0.1, 0.15) is 0 Å². The van der Waals surface area contributed by atoms with Crippen LogP contribution in [-0.4, -0.2) is 53.2 Å². The Hall–Kier alpha value is -2.11. The average Bonchev–Trinajstić information content (AvgIpc) is 3.00. The van der Waals surface area contributed by atoms with Crippen LogP contribution in [0.5, 0.6) is 0 Å². The number of amides is 1. The molecule has 4 rings (SSSR count). The van der Waals surface area contributed by atoms with Gasteiger partial charge in [-0.25, -0.2) is 0 Å². The van der Waals surface area contributed by atoms with Gasteiger partial charge in [0.25, 0.3) is 0 Å². The molecule has 2 aromatic rings. The van der Waals surface area contributed by atoms with Gasteiger partial charge < -0.3 is 15.4 Å². The van der Waals surface area contributed by atoms with E-state index >= 15 is 0 Å². The second-order valence-corrected chi connectivity index (χ2v) is 7.02. The van der Waals surface area contributed by atoms with Crippen LogP contribution in [0.25, 0.3) is 16.5 Å². The highest BCUT2D eigenvalue weighted by molar-refractivity contribution is 5.99. The first-order chi connectivity index (χ1) is 11.6. The van der Waals surface area contributed by atoms with E-state index in [1.165, 1.54) is 22.1 Å². The third kappa shape index (κ3) is 2.36. The van der Waals surface area contributed by atoms with Gasteiger partial charge in [-0.1, -0.05) is 18.2 Å². The maximum absolute atomic E-state index is 12.5. The number of aromatic nitrogens is 1. The number of aliphatic hydroxyl groups is 1. The molecule has 5 nitrogen and oxygen atoms in total. The third-order valence-electron chi connectivity index (χ3n) is 5.27. The molecule has 1 amide bonds. The number of nitrogens with zero attached hydrogens (tertiary/aromatic N) is 1. The third-order valence-corrected chi connectivity index (χ3v) is 5.27. The van der Waals surface area contributed by atoms with E-state index in [-0.39, 0.29) is 24.5 Å². The first-order valence-electron chi connectivity index (χ1n) is 8.51. The average molecular weight is 325 g/mol. The lowest BCUT2D eigenvalue weighted by Gasteiger charge is -2.39. The van der Waals surface area contributed by atoms with Crippen LogP contribution in [-0.2, 0) is 11.2 Å². The van der Waals surface area contributed by atoms with E-state index < -0.39 is 0 Å². The Balaban J connectivity index is 1.75. The van der Waals surface area contributed by atoms with E-state index in [4.69, 9.17) is 5.11 Å². The zero-order valence-electron chi connectivity index (χ0n) is 14.0. The van der Waals surface area contributed by atoms with Gasteiger partial charge >= 0.3 is 0 Å². The van der Waals surface area contributed by atoms with Gasteiger partial charge in [-0.05, 0) is 43.2 Å². The molecule has 0 saturated heterocycles. The Bertz CT molecular complexity index is 823. The van der Waals surface area contributed by atoms with Crippen molar-refractivity contribution in [2.45, 2.75) is 25.4 Å². The highest BCUT2D eigenvalue weighted by atomic mass is 16.3. The molecule has 126 valence electrons. The van der Waals surface area contributed by atoms with Gasteiger partial charge in [-0.2, -0.15) is 0 Å². The molecule has 1 aliphatic heterocycles. The molecule has 0 fully saturated rings. The molecule has 0 radical (unpaired) electrons. The summed E-state index contributed by atoms with van der Waals surface area (Å²) in [6.45, 7) is 2.47. The number of fused-ring (bicyclic) bond motifs is 2. The minimum atomic E-state index is -0.218. The van der Waals surface area contributed by atoms with Crippen LogP contribution >= 0.6 is 0 Å². The molecule has 0 bridgehead atoms. The van der Waals surface area contributed by atoms with Gasteiger partial charge in [-0.3, -0.25) is 9.69 Å². The largest absolute Gasteiger partial charge is 0.394 e. The van der Waals surface area contributed by atoms with E-state index in [2.05, 4.69) is 52.7 Å². The number of carbonyl (C=O) groups excluding carboxylic acids is 1. The van der Waals surface area contributed by atoms with Crippen LogP contribution < -0.4 is 5.32 Å². The normalized spacial score (nSPS) is 24.4. The second kappa shape index (κ2) is 5.76. The minimum absolute atomic E-state index is 0.0126. The van der Waals surface area contributed by atoms with Crippen LogP contribution in [0.3, 0.4) is 0 Å². The summed E-state index contributed by atoms with van der Waals surface area (Å²) in [4.78, 5) is 18.2. The van der Waals surface area contributed by atoms with Crippen molar-refractivity contribution in [3.8, 4) is 0 Å². The molecule has 1 aromatic carbocycles. The highest BCUT2D eigenvalue weighted by Crippen LogP contribution is 2.40. The quantitative estimate of drug-likeness (QED) is 0.802. The standard InChI is InChI=1S/C19H23N3O2/c1-11(10-23)21-19(24)13-6-15-14-4-3-5-16-18(14)12(8-20-16)7-17(15)22(2)9-13/h3-6,8,11,13,17,20,23H,7,9-10H2,1-2H3,(H,21,24)/t11-,13+,17?/m0/s1. The molecular formula is C19H23N3O2. The smallest absolute Gasteiger partial charge is 0.228 e. The lowest BCUT2D eigenvalue weighted by Crippen LogP contribution is -2.48. The predicted molar refractivity (Wildman–Crippen MR) is 94.6 cm³/mol. The SMILES string of the molecule is C[C@@H](CO)NC(=O)[C@@H]1C=C2c3cccc4[nH]cc(c34)CC2N(C)C1. The Morgan fingerprint density at radius 3 is 3.12 bits per heavy atom. The minimum Gasteiger partial charge on any atom is -0.394 e. The van der Waals surface area contributed by atoms with E-state index in [1.807, 2.05) is 6.92 Å². The Morgan fingerprint density at radius 1 is 1.50 bits per heavy atom. The number of H-pyrrole nitrogens is 1. The van der Waals surface area contributed by atoms with Gasteiger partial charge in [0.15, 0.2) is 0 Å². The molecule has 2 heterocycles. The number of likely N-dealkylation sites (N-methyl/N-ethyl adjacent to an activating group) is 1. The molecule has 3 N–H and O–H groups in total. The summed E-state index contributed by atoms with van der Waals surface area (Å²) in [6.07, 6.45) is 5.22. The van der Waals surface area contributed by atoms with Gasteiger partial charge in [0, 0.05) is 35.7 Å². The predicted octanol–water partition coefficient (Wildman–Crippen LogP) is 1.53. The molecule has 0 saturated carbocycles. The molecule has 0 spiro atoms. The topological polar surface area (TPSA) is 68.4 Å². The molecule has 5 heteroatoms. The zero-order chi connectivity index (χ0) is 16.8. The van der Waals surface area contributed by atoms with Crippen molar-refractivity contribution in [1.82, 2.24) is 15.2 Å². The van der Waals surface area contributed by atoms with E-state index in [0.717, 1.165) is 11.9 Å². The van der Waals surface area contributed by atoms with Crippen molar-refractivity contribution >= 4 is 22.4 Å². The van der Waals surface area contributed by atoms with Crippen molar-refractivity contribution < 1.29 is 9.90 Å².